The molecule has 2 N–H and O–H groups in total. The number of methoxy groups -OCH3 is 1. The number of nitrogens with one attached hydrogen (secondary N) is 2. The molecule has 27 heavy (non-hydrogen) atoms. The molecule has 2 aromatic heterocycles. The Morgan fingerprint density at radius 3 is 2.63 bits per heavy atom. The fraction of sp³-hybridized carbons (Fsp3) is 0.211. The molecule has 0 aliphatic heterocycles. The zero-order valence-corrected chi connectivity index (χ0v) is 16.0. The molecule has 0 spiro atoms. The lowest BCUT2D eigenvalue weighted by Gasteiger charge is -2.03. The van der Waals surface area contributed by atoms with E-state index in [0.717, 1.165) is 5.69 Å². The molecular formula is C19H19N3O4S. The van der Waals surface area contributed by atoms with Crippen molar-refractivity contribution in [1.29, 1.82) is 0 Å². The van der Waals surface area contributed by atoms with Crippen LogP contribution in [0.4, 0.5) is 10.8 Å². The number of hydrogen-bond acceptors (Lipinski definition) is 7. The first-order chi connectivity index (χ1) is 13.0. The molecule has 0 aliphatic carbocycles. The van der Waals surface area contributed by atoms with Crippen LogP contribution in [0.15, 0.2) is 35.7 Å². The average molecular weight is 385 g/mol. The van der Waals surface area contributed by atoms with Gasteiger partial charge in [-0.2, -0.15) is 0 Å². The van der Waals surface area contributed by atoms with Crippen LogP contribution in [-0.2, 0) is 16.1 Å². The molecule has 0 amide bonds. The summed E-state index contributed by atoms with van der Waals surface area (Å²) >= 11 is 1.43. The number of thiazole rings is 1. The van der Waals surface area contributed by atoms with Crippen LogP contribution in [0, 0.1) is 13.8 Å². The zero-order chi connectivity index (χ0) is 19.4. The Morgan fingerprint density at radius 2 is 1.93 bits per heavy atom. The monoisotopic (exact) mass is 385 g/mol. The van der Waals surface area contributed by atoms with Crippen LogP contribution in [0.2, 0.25) is 0 Å². The van der Waals surface area contributed by atoms with E-state index < -0.39 is 11.9 Å². The van der Waals surface area contributed by atoms with E-state index in [-0.39, 0.29) is 12.3 Å². The fourth-order valence-electron chi connectivity index (χ4n) is 2.65. The third-order valence-electron chi connectivity index (χ3n) is 3.96. The van der Waals surface area contributed by atoms with E-state index in [1.807, 2.05) is 35.7 Å². The smallest absolute Gasteiger partial charge is 0.355 e. The van der Waals surface area contributed by atoms with Gasteiger partial charge in [0.15, 0.2) is 5.13 Å². The Balaban J connectivity index is 1.64. The van der Waals surface area contributed by atoms with Crippen molar-refractivity contribution in [3.8, 4) is 0 Å². The summed E-state index contributed by atoms with van der Waals surface area (Å²) in [6, 6.07) is 9.68. The van der Waals surface area contributed by atoms with E-state index in [0.29, 0.717) is 27.6 Å². The maximum atomic E-state index is 12.4. The Kier molecular flexibility index (Phi) is 5.56. The van der Waals surface area contributed by atoms with Crippen molar-refractivity contribution in [2.45, 2.75) is 20.5 Å². The van der Waals surface area contributed by atoms with Gasteiger partial charge in [-0.3, -0.25) is 0 Å². The molecule has 1 aromatic carbocycles. The number of esters is 2. The van der Waals surface area contributed by atoms with E-state index in [2.05, 4.69) is 15.3 Å². The van der Waals surface area contributed by atoms with Crippen LogP contribution < -0.4 is 5.32 Å². The van der Waals surface area contributed by atoms with Crippen LogP contribution in [0.3, 0.4) is 0 Å². The van der Waals surface area contributed by atoms with Crippen LogP contribution in [0.1, 0.15) is 37.8 Å². The standard InChI is InChI=1S/C19H19N3O4S/c1-11-15(17(23)25-3)12(2)20-16(11)18(24)26-9-14-10-27-19(22-14)21-13-7-5-4-6-8-13/h4-8,10,20H,9H2,1-3H3,(H,21,22). The average Bonchev–Trinajstić information content (AvgIpc) is 3.23. The third kappa shape index (κ3) is 4.17. The summed E-state index contributed by atoms with van der Waals surface area (Å²) in [6.45, 7) is 3.42. The van der Waals surface area contributed by atoms with Crippen molar-refractivity contribution in [1.82, 2.24) is 9.97 Å². The number of anilines is 2. The van der Waals surface area contributed by atoms with E-state index in [9.17, 15) is 9.59 Å². The second-order valence-electron chi connectivity index (χ2n) is 5.83. The predicted molar refractivity (Wildman–Crippen MR) is 103 cm³/mol. The summed E-state index contributed by atoms with van der Waals surface area (Å²) in [7, 11) is 1.30. The van der Waals surface area contributed by atoms with Gasteiger partial charge in [-0.25, -0.2) is 14.6 Å². The molecule has 0 radical (unpaired) electrons. The van der Waals surface area contributed by atoms with Gasteiger partial charge in [0.05, 0.1) is 18.4 Å². The molecule has 2 heterocycles. The summed E-state index contributed by atoms with van der Waals surface area (Å²) in [5.74, 6) is -1.03. The lowest BCUT2D eigenvalue weighted by molar-refractivity contribution is 0.0461. The summed E-state index contributed by atoms with van der Waals surface area (Å²) < 4.78 is 10.1. The van der Waals surface area contributed by atoms with Crippen molar-refractivity contribution in [3.63, 3.8) is 0 Å². The van der Waals surface area contributed by atoms with Crippen LogP contribution >= 0.6 is 11.3 Å². The lowest BCUT2D eigenvalue weighted by atomic mass is 10.1. The summed E-state index contributed by atoms with van der Waals surface area (Å²) in [5, 5.41) is 5.73. The largest absolute Gasteiger partial charge is 0.465 e. The number of aromatic nitrogens is 2. The normalized spacial score (nSPS) is 10.5. The minimum atomic E-state index is -0.545. The van der Waals surface area contributed by atoms with Crippen molar-refractivity contribution in [2.24, 2.45) is 0 Å². The molecule has 0 aliphatic rings. The van der Waals surface area contributed by atoms with Crippen molar-refractivity contribution < 1.29 is 19.1 Å². The number of rotatable bonds is 6. The van der Waals surface area contributed by atoms with Gasteiger partial charge in [0.2, 0.25) is 0 Å². The highest BCUT2D eigenvalue weighted by atomic mass is 32.1. The molecular weight excluding hydrogens is 366 g/mol. The third-order valence-corrected chi connectivity index (χ3v) is 4.77. The summed E-state index contributed by atoms with van der Waals surface area (Å²) in [4.78, 5) is 31.5. The molecule has 3 rings (SSSR count). The maximum absolute atomic E-state index is 12.4. The minimum absolute atomic E-state index is 0.0386. The van der Waals surface area contributed by atoms with Crippen LogP contribution in [0.25, 0.3) is 0 Å². The first-order valence-electron chi connectivity index (χ1n) is 8.20. The van der Waals surface area contributed by atoms with Crippen LogP contribution in [-0.4, -0.2) is 29.0 Å². The molecule has 0 bridgehead atoms. The Labute approximate surface area is 160 Å². The van der Waals surface area contributed by atoms with Crippen molar-refractivity contribution in [2.75, 3.05) is 12.4 Å². The highest BCUT2D eigenvalue weighted by molar-refractivity contribution is 7.13. The highest BCUT2D eigenvalue weighted by Gasteiger charge is 2.23. The molecule has 0 saturated heterocycles. The van der Waals surface area contributed by atoms with Gasteiger partial charge in [-0.15, -0.1) is 11.3 Å². The van der Waals surface area contributed by atoms with Gasteiger partial charge in [-0.1, -0.05) is 18.2 Å². The van der Waals surface area contributed by atoms with Gasteiger partial charge >= 0.3 is 11.9 Å². The number of para-hydroxylation sites is 1. The molecule has 3 aromatic rings. The number of aryl methyl sites for hydroxylation is 1. The topological polar surface area (TPSA) is 93.3 Å². The van der Waals surface area contributed by atoms with Crippen molar-refractivity contribution in [3.05, 3.63) is 63.9 Å². The van der Waals surface area contributed by atoms with Gasteiger partial charge in [0.25, 0.3) is 0 Å². The molecule has 0 saturated carbocycles. The first-order valence-corrected chi connectivity index (χ1v) is 9.08. The number of aromatic amines is 1. The van der Waals surface area contributed by atoms with E-state index in [1.54, 1.807) is 13.8 Å². The quantitative estimate of drug-likeness (QED) is 0.624. The molecule has 0 unspecified atom stereocenters. The maximum Gasteiger partial charge on any atom is 0.355 e. The predicted octanol–water partition coefficient (Wildman–Crippen LogP) is 3.98. The Hall–Kier alpha value is -3.13. The Morgan fingerprint density at radius 1 is 1.19 bits per heavy atom. The molecule has 140 valence electrons. The molecule has 8 heteroatoms. The molecule has 0 atom stereocenters. The zero-order valence-electron chi connectivity index (χ0n) is 15.2. The van der Waals surface area contributed by atoms with Gasteiger partial charge in [-0.05, 0) is 31.5 Å². The van der Waals surface area contributed by atoms with Crippen LogP contribution in [0.5, 0.6) is 0 Å². The number of carbonyl (C=O) groups is 2. The molecule has 7 nitrogen and oxygen atoms in total. The van der Waals surface area contributed by atoms with E-state index >= 15 is 0 Å². The fourth-order valence-corrected chi connectivity index (χ4v) is 3.36. The second kappa shape index (κ2) is 8.05. The van der Waals surface area contributed by atoms with Crippen molar-refractivity contribution >= 4 is 34.1 Å². The minimum Gasteiger partial charge on any atom is -0.465 e. The highest BCUT2D eigenvalue weighted by Crippen LogP contribution is 2.22. The second-order valence-corrected chi connectivity index (χ2v) is 6.69. The summed E-state index contributed by atoms with van der Waals surface area (Å²) in [6.07, 6.45) is 0. The van der Waals surface area contributed by atoms with E-state index in [4.69, 9.17) is 9.47 Å². The lowest BCUT2D eigenvalue weighted by Crippen LogP contribution is -2.08. The van der Waals surface area contributed by atoms with Gasteiger partial charge in [0.1, 0.15) is 12.3 Å². The number of nitrogens with zero attached hydrogens (tertiary/aromatic N) is 1. The van der Waals surface area contributed by atoms with E-state index in [1.165, 1.54) is 18.4 Å². The number of H-pyrrole nitrogens is 1. The first kappa shape index (κ1) is 18.7. The van der Waals surface area contributed by atoms with Gasteiger partial charge in [0, 0.05) is 16.8 Å². The number of carbonyl (C=O) groups excluding carboxylic acids is 2. The number of hydrogen-bond donors (Lipinski definition) is 2. The van der Waals surface area contributed by atoms with Gasteiger partial charge < -0.3 is 19.8 Å². The SMILES string of the molecule is COC(=O)c1c(C)[nH]c(C(=O)OCc2csc(Nc3ccccc3)n2)c1C. The Bertz CT molecular complexity index is 963. The number of ether oxygens (including phenoxy) is 2. The molecule has 0 fully saturated rings. The summed E-state index contributed by atoms with van der Waals surface area (Å²) in [5.41, 5.74) is 3.24. The number of benzene rings is 1.